The molecule has 11 heteroatoms. The highest BCUT2D eigenvalue weighted by atomic mass is 19.4. The number of aromatic nitrogens is 2. The van der Waals surface area contributed by atoms with Crippen LogP contribution >= 0.6 is 0 Å². The lowest BCUT2D eigenvalue weighted by molar-refractivity contribution is -0.143. The van der Waals surface area contributed by atoms with Crippen LogP contribution in [0.2, 0.25) is 0 Å². The largest absolute Gasteiger partial charge is 0.416 e. The lowest BCUT2D eigenvalue weighted by atomic mass is 10.0. The Labute approximate surface area is 161 Å². The molecule has 1 aromatic carbocycles. The summed E-state index contributed by atoms with van der Waals surface area (Å²) in [6, 6.07) is 2.14. The van der Waals surface area contributed by atoms with Gasteiger partial charge in [0.15, 0.2) is 0 Å². The SMILES string of the molecule is O=C(NC1CCN(c2ncccn2)CC1)c1cc(C(F)(F)F)cc(C(F)(F)F)c1. The number of carbonyl (C=O) groups is 1. The van der Waals surface area contributed by atoms with Crippen LogP contribution in [-0.4, -0.2) is 35.0 Å². The molecule has 2 heterocycles. The van der Waals surface area contributed by atoms with Crippen LogP contribution in [0.1, 0.15) is 34.3 Å². The van der Waals surface area contributed by atoms with Crippen molar-refractivity contribution in [2.75, 3.05) is 18.0 Å². The third-order valence-corrected chi connectivity index (χ3v) is 4.52. The van der Waals surface area contributed by atoms with Crippen molar-refractivity contribution >= 4 is 11.9 Å². The lowest BCUT2D eigenvalue weighted by Crippen LogP contribution is -2.45. The number of anilines is 1. The number of rotatable bonds is 3. The standard InChI is InChI=1S/C18H16F6N4O/c19-17(20,21)12-8-11(9-13(10-12)18(22,23)24)15(29)27-14-2-6-28(7-3-14)16-25-4-1-5-26-16/h1,4-5,8-10,14H,2-3,6-7H2,(H,27,29). The van der Waals surface area contributed by atoms with E-state index in [1.165, 1.54) is 0 Å². The molecule has 1 aliphatic rings. The fourth-order valence-electron chi connectivity index (χ4n) is 3.03. The molecule has 0 aliphatic carbocycles. The maximum absolute atomic E-state index is 12.9. The molecular weight excluding hydrogens is 402 g/mol. The van der Waals surface area contributed by atoms with E-state index in [1.807, 2.05) is 4.90 Å². The topological polar surface area (TPSA) is 58.1 Å². The number of carbonyl (C=O) groups excluding carboxylic acids is 1. The first-order valence-corrected chi connectivity index (χ1v) is 8.66. The first-order valence-electron chi connectivity index (χ1n) is 8.66. The molecule has 0 atom stereocenters. The zero-order chi connectivity index (χ0) is 21.2. The van der Waals surface area contributed by atoms with Gasteiger partial charge in [0.05, 0.1) is 11.1 Å². The van der Waals surface area contributed by atoms with Crippen LogP contribution in [-0.2, 0) is 12.4 Å². The van der Waals surface area contributed by atoms with Crippen molar-refractivity contribution < 1.29 is 31.1 Å². The number of amides is 1. The van der Waals surface area contributed by atoms with Gasteiger partial charge in [0.2, 0.25) is 5.95 Å². The van der Waals surface area contributed by atoms with Gasteiger partial charge in [-0.05, 0) is 37.1 Å². The Morgan fingerprint density at radius 2 is 1.45 bits per heavy atom. The van der Waals surface area contributed by atoms with Crippen LogP contribution in [0.5, 0.6) is 0 Å². The molecule has 0 radical (unpaired) electrons. The van der Waals surface area contributed by atoms with Crippen LogP contribution in [0, 0.1) is 0 Å². The third kappa shape index (κ3) is 5.15. The van der Waals surface area contributed by atoms with Gasteiger partial charge in [-0.1, -0.05) is 0 Å². The van der Waals surface area contributed by atoms with Crippen molar-refractivity contribution in [3.63, 3.8) is 0 Å². The Morgan fingerprint density at radius 3 is 1.93 bits per heavy atom. The lowest BCUT2D eigenvalue weighted by Gasteiger charge is -2.32. The number of hydrogen-bond donors (Lipinski definition) is 1. The number of piperidine rings is 1. The molecule has 0 unspecified atom stereocenters. The Hall–Kier alpha value is -2.85. The van der Waals surface area contributed by atoms with E-state index in [-0.39, 0.29) is 12.1 Å². The van der Waals surface area contributed by atoms with Gasteiger partial charge in [0.25, 0.3) is 5.91 Å². The monoisotopic (exact) mass is 418 g/mol. The minimum Gasteiger partial charge on any atom is -0.349 e. The highest BCUT2D eigenvalue weighted by Crippen LogP contribution is 2.36. The van der Waals surface area contributed by atoms with Crippen LogP contribution < -0.4 is 10.2 Å². The molecule has 1 aliphatic heterocycles. The molecule has 1 aromatic heterocycles. The van der Waals surface area contributed by atoms with Crippen molar-refractivity contribution in [1.29, 1.82) is 0 Å². The van der Waals surface area contributed by atoms with Crippen LogP contribution in [0.25, 0.3) is 0 Å². The maximum Gasteiger partial charge on any atom is 0.416 e. The van der Waals surface area contributed by atoms with E-state index in [4.69, 9.17) is 0 Å². The summed E-state index contributed by atoms with van der Waals surface area (Å²) in [6.07, 6.45) is -5.93. The smallest absolute Gasteiger partial charge is 0.349 e. The molecular formula is C18H16F6N4O. The first-order chi connectivity index (χ1) is 13.5. The Bertz CT molecular complexity index is 829. The molecule has 1 N–H and O–H groups in total. The van der Waals surface area contributed by atoms with E-state index in [1.54, 1.807) is 18.5 Å². The second kappa shape index (κ2) is 7.88. The van der Waals surface area contributed by atoms with Crippen molar-refractivity contribution in [2.24, 2.45) is 0 Å². The highest BCUT2D eigenvalue weighted by Gasteiger charge is 2.37. The third-order valence-electron chi connectivity index (χ3n) is 4.52. The van der Waals surface area contributed by atoms with E-state index in [0.717, 1.165) is 0 Å². The minimum absolute atomic E-state index is 0.00484. The fraction of sp³-hybridized carbons (Fsp3) is 0.389. The predicted octanol–water partition coefficient (Wildman–Crippen LogP) is 3.91. The second-order valence-electron chi connectivity index (χ2n) is 6.58. The van der Waals surface area contributed by atoms with Crippen molar-refractivity contribution in [3.8, 4) is 0 Å². The van der Waals surface area contributed by atoms with Gasteiger partial charge in [-0.25, -0.2) is 9.97 Å². The van der Waals surface area contributed by atoms with Gasteiger partial charge in [0.1, 0.15) is 0 Å². The summed E-state index contributed by atoms with van der Waals surface area (Å²) in [5.41, 5.74) is -3.72. The molecule has 156 valence electrons. The fourth-order valence-corrected chi connectivity index (χ4v) is 3.03. The quantitative estimate of drug-likeness (QED) is 0.768. The molecule has 1 fully saturated rings. The molecule has 5 nitrogen and oxygen atoms in total. The van der Waals surface area contributed by atoms with Gasteiger partial charge in [0, 0.05) is 37.1 Å². The molecule has 0 saturated carbocycles. The summed E-state index contributed by atoms with van der Waals surface area (Å²) in [4.78, 5) is 22.5. The van der Waals surface area contributed by atoms with Crippen LogP contribution in [0.15, 0.2) is 36.7 Å². The summed E-state index contributed by atoms with van der Waals surface area (Å²) in [5.74, 6) is -0.457. The Balaban J connectivity index is 1.71. The summed E-state index contributed by atoms with van der Waals surface area (Å²) in [5, 5.41) is 2.52. The van der Waals surface area contributed by atoms with Gasteiger partial charge in [-0.2, -0.15) is 26.3 Å². The Morgan fingerprint density at radius 1 is 0.931 bits per heavy atom. The summed E-state index contributed by atoms with van der Waals surface area (Å²) < 4.78 is 77.7. The van der Waals surface area contributed by atoms with Crippen molar-refractivity contribution in [2.45, 2.75) is 31.2 Å². The normalized spacial score (nSPS) is 16.0. The van der Waals surface area contributed by atoms with E-state index in [0.29, 0.717) is 44.0 Å². The number of benzene rings is 1. The van der Waals surface area contributed by atoms with Crippen LogP contribution in [0.4, 0.5) is 32.3 Å². The average molecular weight is 418 g/mol. The van der Waals surface area contributed by atoms with Gasteiger partial charge < -0.3 is 10.2 Å². The first kappa shape index (κ1) is 20.9. The zero-order valence-electron chi connectivity index (χ0n) is 14.9. The number of halogens is 6. The molecule has 3 rings (SSSR count). The van der Waals surface area contributed by atoms with Gasteiger partial charge >= 0.3 is 12.4 Å². The summed E-state index contributed by atoms with van der Waals surface area (Å²) in [7, 11) is 0. The second-order valence-corrected chi connectivity index (χ2v) is 6.58. The molecule has 1 saturated heterocycles. The van der Waals surface area contributed by atoms with E-state index >= 15 is 0 Å². The highest BCUT2D eigenvalue weighted by molar-refractivity contribution is 5.94. The molecule has 1 amide bonds. The van der Waals surface area contributed by atoms with Crippen molar-refractivity contribution in [3.05, 3.63) is 53.3 Å². The number of nitrogens with zero attached hydrogens (tertiary/aromatic N) is 3. The van der Waals surface area contributed by atoms with E-state index < -0.39 is 35.0 Å². The predicted molar refractivity (Wildman–Crippen MR) is 91.2 cm³/mol. The molecule has 0 bridgehead atoms. The minimum atomic E-state index is -5.00. The molecule has 0 spiro atoms. The molecule has 29 heavy (non-hydrogen) atoms. The van der Waals surface area contributed by atoms with E-state index in [9.17, 15) is 31.1 Å². The number of hydrogen-bond acceptors (Lipinski definition) is 4. The van der Waals surface area contributed by atoms with Crippen molar-refractivity contribution in [1.82, 2.24) is 15.3 Å². The zero-order valence-corrected chi connectivity index (χ0v) is 14.9. The number of alkyl halides is 6. The van der Waals surface area contributed by atoms with E-state index in [2.05, 4.69) is 15.3 Å². The van der Waals surface area contributed by atoms with Gasteiger partial charge in [-0.15, -0.1) is 0 Å². The average Bonchev–Trinajstić information content (AvgIpc) is 2.67. The summed E-state index contributed by atoms with van der Waals surface area (Å²) in [6.45, 7) is 0.983. The number of nitrogens with one attached hydrogen (secondary N) is 1. The van der Waals surface area contributed by atoms with Crippen LogP contribution in [0.3, 0.4) is 0 Å². The maximum atomic E-state index is 12.9. The Kier molecular flexibility index (Phi) is 5.67. The van der Waals surface area contributed by atoms with Gasteiger partial charge in [-0.3, -0.25) is 4.79 Å². The molecule has 2 aromatic rings. The summed E-state index contributed by atoms with van der Waals surface area (Å²) >= 11 is 0.